The van der Waals surface area contributed by atoms with Crippen LogP contribution in [0, 0.1) is 0 Å². The number of carbonyl (C=O) groups is 1. The summed E-state index contributed by atoms with van der Waals surface area (Å²) in [4.78, 5) is 22.7. The molecule has 0 bridgehead atoms. The second kappa shape index (κ2) is 13.2. The first-order valence-electron chi connectivity index (χ1n) is 11.3. The van der Waals surface area contributed by atoms with Crippen molar-refractivity contribution in [3.05, 3.63) is 35.4 Å². The van der Waals surface area contributed by atoms with Crippen molar-refractivity contribution in [3.8, 4) is 0 Å². The van der Waals surface area contributed by atoms with Gasteiger partial charge in [0.05, 0.1) is 18.8 Å². The largest absolute Gasteiger partial charge is 0.450 e. The Morgan fingerprint density at radius 1 is 1.06 bits per heavy atom. The number of guanidine groups is 1. The number of rotatable bonds is 5. The van der Waals surface area contributed by atoms with Crippen LogP contribution in [0.5, 0.6) is 0 Å². The fourth-order valence-corrected chi connectivity index (χ4v) is 4.26. The van der Waals surface area contributed by atoms with Gasteiger partial charge in [-0.25, -0.2) is 4.79 Å². The van der Waals surface area contributed by atoms with Gasteiger partial charge in [0, 0.05) is 59.4 Å². The predicted octanol–water partition coefficient (Wildman–Crippen LogP) is 2.76. The summed E-state index contributed by atoms with van der Waals surface area (Å²) in [5, 5.41) is 3.45. The van der Waals surface area contributed by atoms with Crippen molar-refractivity contribution in [2.24, 2.45) is 4.99 Å². The third kappa shape index (κ3) is 7.77. The van der Waals surface area contributed by atoms with E-state index in [-0.39, 0.29) is 42.3 Å². The van der Waals surface area contributed by atoms with Crippen molar-refractivity contribution in [1.29, 1.82) is 0 Å². The summed E-state index contributed by atoms with van der Waals surface area (Å²) < 4.78 is 10.9. The zero-order valence-corrected chi connectivity index (χ0v) is 22.1. The highest BCUT2D eigenvalue weighted by molar-refractivity contribution is 14.0. The van der Waals surface area contributed by atoms with E-state index in [2.05, 4.69) is 58.2 Å². The molecule has 2 saturated heterocycles. The number of carbonyl (C=O) groups excluding carboxylic acids is 1. The molecule has 3 rings (SSSR count). The van der Waals surface area contributed by atoms with Gasteiger partial charge in [-0.15, -0.1) is 24.0 Å². The molecule has 0 aromatic heterocycles. The second-order valence-corrected chi connectivity index (χ2v) is 8.34. The molecule has 180 valence electrons. The summed E-state index contributed by atoms with van der Waals surface area (Å²) in [6.07, 6.45) is 0.349. The lowest BCUT2D eigenvalue weighted by Gasteiger charge is -2.36. The molecular weight excluding hydrogens is 521 g/mol. The quantitative estimate of drug-likeness (QED) is 0.340. The monoisotopic (exact) mass is 559 g/mol. The van der Waals surface area contributed by atoms with Crippen LogP contribution in [0.3, 0.4) is 0 Å². The van der Waals surface area contributed by atoms with Gasteiger partial charge < -0.3 is 24.6 Å². The molecule has 8 nitrogen and oxygen atoms in total. The van der Waals surface area contributed by atoms with E-state index in [4.69, 9.17) is 9.47 Å². The fraction of sp³-hybridized carbons (Fsp3) is 0.652. The van der Waals surface area contributed by atoms with Gasteiger partial charge in [-0.05, 0) is 31.9 Å². The highest BCUT2D eigenvalue weighted by Gasteiger charge is 2.24. The molecule has 1 amide bonds. The molecule has 2 aliphatic heterocycles. The van der Waals surface area contributed by atoms with Crippen LogP contribution in [-0.2, 0) is 22.6 Å². The number of aliphatic imine (C=N–C) groups is 1. The minimum absolute atomic E-state index is 0. The van der Waals surface area contributed by atoms with Gasteiger partial charge in [0.25, 0.3) is 0 Å². The van der Waals surface area contributed by atoms with Crippen molar-refractivity contribution < 1.29 is 14.3 Å². The van der Waals surface area contributed by atoms with Gasteiger partial charge in [-0.1, -0.05) is 24.3 Å². The molecule has 32 heavy (non-hydrogen) atoms. The van der Waals surface area contributed by atoms with Crippen LogP contribution in [0.4, 0.5) is 4.79 Å². The van der Waals surface area contributed by atoms with Crippen LogP contribution in [-0.4, -0.2) is 91.9 Å². The minimum atomic E-state index is -0.230. The molecule has 1 N–H and O–H groups in total. The molecule has 2 fully saturated rings. The molecule has 2 aliphatic rings. The number of benzene rings is 1. The summed E-state index contributed by atoms with van der Waals surface area (Å²) in [5.74, 6) is 0.865. The summed E-state index contributed by atoms with van der Waals surface area (Å²) in [6, 6.07) is 8.79. The van der Waals surface area contributed by atoms with E-state index in [1.165, 1.54) is 11.1 Å². The number of hydrogen-bond acceptors (Lipinski definition) is 5. The Kier molecular flexibility index (Phi) is 11.0. The van der Waals surface area contributed by atoms with Gasteiger partial charge in [0.2, 0.25) is 0 Å². The Balaban J connectivity index is 0.00000363. The van der Waals surface area contributed by atoms with Gasteiger partial charge in [-0.2, -0.15) is 0 Å². The summed E-state index contributed by atoms with van der Waals surface area (Å²) >= 11 is 0. The third-order valence-corrected chi connectivity index (χ3v) is 5.69. The zero-order chi connectivity index (χ0) is 22.2. The van der Waals surface area contributed by atoms with Crippen LogP contribution in [0.25, 0.3) is 0 Å². The molecule has 9 heteroatoms. The van der Waals surface area contributed by atoms with E-state index in [1.54, 1.807) is 11.9 Å². The Morgan fingerprint density at radius 3 is 2.19 bits per heavy atom. The van der Waals surface area contributed by atoms with E-state index in [0.29, 0.717) is 19.7 Å². The van der Waals surface area contributed by atoms with Crippen LogP contribution in [0.15, 0.2) is 29.3 Å². The number of piperazine rings is 1. The van der Waals surface area contributed by atoms with Crippen molar-refractivity contribution in [2.75, 3.05) is 52.9 Å². The predicted molar refractivity (Wildman–Crippen MR) is 138 cm³/mol. The number of nitrogens with zero attached hydrogens (tertiary/aromatic N) is 4. The van der Waals surface area contributed by atoms with E-state index < -0.39 is 0 Å². The number of hydrogen-bond donors (Lipinski definition) is 1. The molecule has 0 saturated carbocycles. The van der Waals surface area contributed by atoms with Crippen molar-refractivity contribution in [3.63, 3.8) is 0 Å². The van der Waals surface area contributed by atoms with Crippen LogP contribution in [0.1, 0.15) is 31.9 Å². The van der Waals surface area contributed by atoms with Crippen LogP contribution in [0.2, 0.25) is 0 Å². The normalized spacial score (nSPS) is 22.3. The lowest BCUT2D eigenvalue weighted by atomic mass is 10.1. The highest BCUT2D eigenvalue weighted by atomic mass is 127. The van der Waals surface area contributed by atoms with Crippen molar-refractivity contribution in [1.82, 2.24) is 20.0 Å². The summed E-state index contributed by atoms with van der Waals surface area (Å²) in [7, 11) is 1.80. The fourth-order valence-electron chi connectivity index (χ4n) is 4.26. The summed E-state index contributed by atoms with van der Waals surface area (Å²) in [5.41, 5.74) is 2.54. The topological polar surface area (TPSA) is 69.6 Å². The maximum atomic E-state index is 11.9. The Morgan fingerprint density at radius 2 is 1.62 bits per heavy atom. The van der Waals surface area contributed by atoms with Gasteiger partial charge in [-0.3, -0.25) is 9.89 Å². The standard InChI is InChI=1S/C23H37N5O3.HI/c1-5-30-23(29)28-12-10-27(11-13-28)22(24-4)25-14-20-6-8-21(9-7-20)17-26-15-18(2)31-19(3)16-26;/h6-9,18-19H,5,10-17H2,1-4H3,(H,24,25);1H. The van der Waals surface area contributed by atoms with Gasteiger partial charge in [0.15, 0.2) is 5.96 Å². The number of ether oxygens (including phenoxy) is 2. The number of amides is 1. The molecule has 2 atom stereocenters. The highest BCUT2D eigenvalue weighted by Crippen LogP contribution is 2.15. The average molecular weight is 559 g/mol. The lowest BCUT2D eigenvalue weighted by molar-refractivity contribution is -0.0704. The first-order chi connectivity index (χ1) is 15.0. The average Bonchev–Trinajstić information content (AvgIpc) is 2.75. The Bertz CT molecular complexity index is 728. The molecule has 0 aliphatic carbocycles. The molecule has 2 unspecified atom stereocenters. The number of morpholine rings is 1. The smallest absolute Gasteiger partial charge is 0.409 e. The van der Waals surface area contributed by atoms with Gasteiger partial charge in [0.1, 0.15) is 0 Å². The summed E-state index contributed by atoms with van der Waals surface area (Å²) in [6.45, 7) is 12.9. The number of halogens is 1. The van der Waals surface area contributed by atoms with E-state index >= 15 is 0 Å². The third-order valence-electron chi connectivity index (χ3n) is 5.69. The molecule has 1 aromatic carbocycles. The Hall–Kier alpha value is -1.59. The molecule has 1 aromatic rings. The number of nitrogens with one attached hydrogen (secondary N) is 1. The molecule has 2 heterocycles. The molecular formula is C23H38IN5O3. The van der Waals surface area contributed by atoms with E-state index in [9.17, 15) is 4.79 Å². The maximum absolute atomic E-state index is 11.9. The zero-order valence-electron chi connectivity index (χ0n) is 19.7. The second-order valence-electron chi connectivity index (χ2n) is 8.34. The van der Waals surface area contributed by atoms with Crippen LogP contribution >= 0.6 is 24.0 Å². The van der Waals surface area contributed by atoms with Crippen LogP contribution < -0.4 is 5.32 Å². The molecule has 0 radical (unpaired) electrons. The SMILES string of the molecule is CCOC(=O)N1CCN(C(=NC)NCc2ccc(CN3CC(C)OC(C)C3)cc2)CC1.I. The van der Waals surface area contributed by atoms with Gasteiger partial charge >= 0.3 is 6.09 Å². The van der Waals surface area contributed by atoms with Crippen molar-refractivity contribution >= 4 is 36.0 Å². The van der Waals surface area contributed by atoms with Crippen molar-refractivity contribution in [2.45, 2.75) is 46.1 Å². The van der Waals surface area contributed by atoms with E-state index in [0.717, 1.165) is 45.2 Å². The lowest BCUT2D eigenvalue weighted by Crippen LogP contribution is -2.53. The Labute approximate surface area is 209 Å². The van der Waals surface area contributed by atoms with E-state index in [1.807, 2.05) is 6.92 Å². The first-order valence-corrected chi connectivity index (χ1v) is 11.3. The molecule has 0 spiro atoms. The minimum Gasteiger partial charge on any atom is -0.450 e. The maximum Gasteiger partial charge on any atom is 0.409 e. The first kappa shape index (κ1) is 26.7.